The molecule has 0 saturated carbocycles. The maximum absolute atomic E-state index is 11.9. The minimum atomic E-state index is 0. The highest BCUT2D eigenvalue weighted by Gasteiger charge is 2.12. The van der Waals surface area contributed by atoms with Gasteiger partial charge in [0.25, 0.3) is 0 Å². The van der Waals surface area contributed by atoms with E-state index in [0.29, 0.717) is 19.6 Å². The van der Waals surface area contributed by atoms with Gasteiger partial charge in [0.05, 0.1) is 0 Å². The molecule has 0 spiro atoms. The lowest BCUT2D eigenvalue weighted by Crippen LogP contribution is -2.32. The van der Waals surface area contributed by atoms with Crippen molar-refractivity contribution in [1.29, 1.82) is 0 Å². The lowest BCUT2D eigenvalue weighted by atomic mass is 10.3. The molecule has 0 atom stereocenters. The largest absolute Gasteiger partial charge is 0.486 e. The van der Waals surface area contributed by atoms with Crippen molar-refractivity contribution in [1.82, 2.24) is 10.2 Å². The van der Waals surface area contributed by atoms with Gasteiger partial charge in [-0.05, 0) is 25.2 Å². The zero-order chi connectivity index (χ0) is 15.1. The predicted molar refractivity (Wildman–Crippen MR) is 91.6 cm³/mol. The van der Waals surface area contributed by atoms with E-state index in [4.69, 9.17) is 9.47 Å². The molecule has 0 bridgehead atoms. The topological polar surface area (TPSA) is 50.8 Å². The monoisotopic (exact) mass is 346 g/mol. The van der Waals surface area contributed by atoms with Crippen molar-refractivity contribution in [3.63, 3.8) is 0 Å². The second-order valence-corrected chi connectivity index (χ2v) is 5.99. The second kappa shape index (κ2) is 9.82. The number of nitrogens with one attached hydrogen (secondary N) is 1. The predicted octanol–water partition coefficient (Wildman–Crippen LogP) is 2.04. The Hall–Kier alpha value is -1.11. The van der Waals surface area contributed by atoms with Crippen LogP contribution in [-0.2, 0) is 4.79 Å². The van der Waals surface area contributed by atoms with Gasteiger partial charge in [-0.3, -0.25) is 4.79 Å². The number of halogens is 1. The van der Waals surface area contributed by atoms with Gasteiger partial charge in [0, 0.05) is 37.2 Å². The molecule has 1 N–H and O–H groups in total. The van der Waals surface area contributed by atoms with Gasteiger partial charge in [-0.1, -0.05) is 0 Å². The number of hydrogen-bond donors (Lipinski definition) is 1. The number of benzene rings is 1. The van der Waals surface area contributed by atoms with Crippen molar-refractivity contribution in [2.24, 2.45) is 0 Å². The molecule has 0 radical (unpaired) electrons. The van der Waals surface area contributed by atoms with Crippen molar-refractivity contribution >= 4 is 30.1 Å². The van der Waals surface area contributed by atoms with Crippen LogP contribution in [0.5, 0.6) is 11.5 Å². The lowest BCUT2D eigenvalue weighted by molar-refractivity contribution is -0.129. The van der Waals surface area contributed by atoms with Gasteiger partial charge in [-0.2, -0.15) is 0 Å². The van der Waals surface area contributed by atoms with Crippen LogP contribution >= 0.6 is 24.2 Å². The molecule has 1 amide bonds. The first-order valence-corrected chi connectivity index (χ1v) is 8.10. The third kappa shape index (κ3) is 5.59. The SMILES string of the molecule is CNCCN(C)C(=O)CCSc1ccc2c(c1)OCCO2.Cl. The molecule has 1 aliphatic rings. The molecule has 5 nitrogen and oxygen atoms in total. The molecule has 0 fully saturated rings. The molecule has 124 valence electrons. The van der Waals surface area contributed by atoms with Gasteiger partial charge in [-0.15, -0.1) is 24.2 Å². The summed E-state index contributed by atoms with van der Waals surface area (Å²) in [5.41, 5.74) is 0. The molecule has 2 rings (SSSR count). The Balaban J connectivity index is 0.00000242. The minimum Gasteiger partial charge on any atom is -0.486 e. The molecule has 22 heavy (non-hydrogen) atoms. The van der Waals surface area contributed by atoms with Crippen LogP contribution in [0, 0.1) is 0 Å². The minimum absolute atomic E-state index is 0. The third-order valence-electron chi connectivity index (χ3n) is 3.22. The summed E-state index contributed by atoms with van der Waals surface area (Å²) in [4.78, 5) is 14.8. The number of ether oxygens (including phenoxy) is 2. The molecule has 0 aliphatic carbocycles. The number of fused-ring (bicyclic) bond motifs is 1. The molecular weight excluding hydrogens is 324 g/mol. The standard InChI is InChI=1S/C15H22N2O3S.ClH/c1-16-6-7-17(2)15(18)5-10-21-12-3-4-13-14(11-12)20-9-8-19-13;/h3-4,11,16H,5-10H2,1-2H3;1H. The summed E-state index contributed by atoms with van der Waals surface area (Å²) in [7, 11) is 3.73. The van der Waals surface area contributed by atoms with Gasteiger partial charge in [0.1, 0.15) is 13.2 Å². The van der Waals surface area contributed by atoms with Crippen LogP contribution in [-0.4, -0.2) is 57.0 Å². The van der Waals surface area contributed by atoms with E-state index in [-0.39, 0.29) is 18.3 Å². The summed E-state index contributed by atoms with van der Waals surface area (Å²) in [6, 6.07) is 5.92. The van der Waals surface area contributed by atoms with Crippen LogP contribution in [0.3, 0.4) is 0 Å². The van der Waals surface area contributed by atoms with Crippen LogP contribution < -0.4 is 14.8 Å². The van der Waals surface area contributed by atoms with Crippen molar-refractivity contribution in [2.45, 2.75) is 11.3 Å². The molecule has 0 saturated heterocycles. The number of likely N-dealkylation sites (N-methyl/N-ethyl adjacent to an activating group) is 2. The number of thioether (sulfide) groups is 1. The van der Waals surface area contributed by atoms with Crippen molar-refractivity contribution < 1.29 is 14.3 Å². The van der Waals surface area contributed by atoms with Gasteiger partial charge in [0.15, 0.2) is 11.5 Å². The molecule has 1 aromatic carbocycles. The van der Waals surface area contributed by atoms with Crippen LogP contribution in [0.15, 0.2) is 23.1 Å². The Bertz CT molecular complexity index is 488. The highest BCUT2D eigenvalue weighted by atomic mass is 35.5. The Morgan fingerprint density at radius 2 is 2.05 bits per heavy atom. The van der Waals surface area contributed by atoms with Crippen molar-refractivity contribution in [2.75, 3.05) is 46.2 Å². The molecular formula is C15H23ClN2O3S. The highest BCUT2D eigenvalue weighted by molar-refractivity contribution is 7.99. The number of amides is 1. The van der Waals surface area contributed by atoms with Crippen LogP contribution in [0.25, 0.3) is 0 Å². The summed E-state index contributed by atoms with van der Waals surface area (Å²) < 4.78 is 11.0. The van der Waals surface area contributed by atoms with Crippen LogP contribution in [0.4, 0.5) is 0 Å². The first-order valence-electron chi connectivity index (χ1n) is 7.11. The Kier molecular flexibility index (Phi) is 8.45. The molecule has 0 aromatic heterocycles. The van der Waals surface area contributed by atoms with Gasteiger partial charge in [0.2, 0.25) is 5.91 Å². The van der Waals surface area contributed by atoms with E-state index in [1.165, 1.54) is 0 Å². The van der Waals surface area contributed by atoms with E-state index in [1.54, 1.807) is 16.7 Å². The quantitative estimate of drug-likeness (QED) is 0.766. The Morgan fingerprint density at radius 3 is 2.77 bits per heavy atom. The molecule has 7 heteroatoms. The normalized spacial score (nSPS) is 12.5. The second-order valence-electron chi connectivity index (χ2n) is 4.82. The maximum atomic E-state index is 11.9. The first-order chi connectivity index (χ1) is 10.2. The number of rotatable bonds is 7. The summed E-state index contributed by atoms with van der Waals surface area (Å²) in [6.45, 7) is 2.75. The summed E-state index contributed by atoms with van der Waals surface area (Å²) in [5, 5.41) is 3.04. The smallest absolute Gasteiger partial charge is 0.223 e. The summed E-state index contributed by atoms with van der Waals surface area (Å²) in [6.07, 6.45) is 0.541. The Labute approximate surface area is 142 Å². The molecule has 0 unspecified atom stereocenters. The summed E-state index contributed by atoms with van der Waals surface area (Å²) in [5.74, 6) is 2.54. The zero-order valence-electron chi connectivity index (χ0n) is 13.0. The number of nitrogens with zero attached hydrogens (tertiary/aromatic N) is 1. The number of carbonyl (C=O) groups excluding carboxylic acids is 1. The third-order valence-corrected chi connectivity index (χ3v) is 4.22. The lowest BCUT2D eigenvalue weighted by Gasteiger charge is -2.19. The van der Waals surface area contributed by atoms with Crippen molar-refractivity contribution in [3.05, 3.63) is 18.2 Å². The van der Waals surface area contributed by atoms with Crippen LogP contribution in [0.2, 0.25) is 0 Å². The highest BCUT2D eigenvalue weighted by Crippen LogP contribution is 2.34. The van der Waals surface area contributed by atoms with E-state index in [9.17, 15) is 4.79 Å². The fourth-order valence-electron chi connectivity index (χ4n) is 1.96. The molecule has 1 heterocycles. The van der Waals surface area contributed by atoms with Gasteiger partial charge < -0.3 is 19.7 Å². The van der Waals surface area contributed by atoms with Gasteiger partial charge >= 0.3 is 0 Å². The van der Waals surface area contributed by atoms with E-state index in [2.05, 4.69) is 5.32 Å². The summed E-state index contributed by atoms with van der Waals surface area (Å²) >= 11 is 1.66. The fraction of sp³-hybridized carbons (Fsp3) is 0.533. The molecule has 1 aromatic rings. The van der Waals surface area contributed by atoms with E-state index >= 15 is 0 Å². The van der Waals surface area contributed by atoms with E-state index in [0.717, 1.165) is 35.2 Å². The average molecular weight is 347 g/mol. The van der Waals surface area contributed by atoms with Crippen LogP contribution in [0.1, 0.15) is 6.42 Å². The molecule has 1 aliphatic heterocycles. The fourth-order valence-corrected chi connectivity index (χ4v) is 2.83. The van der Waals surface area contributed by atoms with E-state index < -0.39 is 0 Å². The van der Waals surface area contributed by atoms with Crippen molar-refractivity contribution in [3.8, 4) is 11.5 Å². The first kappa shape index (κ1) is 18.9. The maximum Gasteiger partial charge on any atom is 0.223 e. The van der Waals surface area contributed by atoms with E-state index in [1.807, 2.05) is 32.3 Å². The Morgan fingerprint density at radius 1 is 1.32 bits per heavy atom. The number of hydrogen-bond acceptors (Lipinski definition) is 5. The number of carbonyl (C=O) groups is 1. The average Bonchev–Trinajstić information content (AvgIpc) is 2.52. The zero-order valence-corrected chi connectivity index (χ0v) is 14.6. The van der Waals surface area contributed by atoms with Gasteiger partial charge in [-0.25, -0.2) is 0 Å².